The van der Waals surface area contributed by atoms with Crippen LogP contribution in [0.25, 0.3) is 6.08 Å². The fourth-order valence-corrected chi connectivity index (χ4v) is 1.57. The first-order chi connectivity index (χ1) is 6.67. The molecule has 1 aromatic carbocycles. The lowest BCUT2D eigenvalue weighted by Gasteiger charge is -2.09. The maximum absolute atomic E-state index is 2.32. The molecule has 0 aliphatic carbocycles. The molecule has 0 aliphatic rings. The first-order valence-corrected chi connectivity index (χ1v) is 5.44. The molecule has 0 radical (unpaired) electrons. The van der Waals surface area contributed by atoms with Gasteiger partial charge in [0, 0.05) is 0 Å². The van der Waals surface area contributed by atoms with Crippen LogP contribution in [0.2, 0.25) is 0 Å². The van der Waals surface area contributed by atoms with Crippen molar-refractivity contribution in [2.45, 2.75) is 40.0 Å². The standard InChI is InChI=1S/C14H20/c1-5-7-13-8-12(6-2)9-14(10-13)11(3)4/h5,7-11H,6H2,1-4H3/b7-5+. The summed E-state index contributed by atoms with van der Waals surface area (Å²) in [6, 6.07) is 6.87. The number of allylic oxidation sites excluding steroid dienone is 1. The van der Waals surface area contributed by atoms with Gasteiger partial charge in [-0.25, -0.2) is 0 Å². The summed E-state index contributed by atoms with van der Waals surface area (Å²) in [6.45, 7) is 8.76. The Labute approximate surface area is 87.7 Å². The average Bonchev–Trinajstić information content (AvgIpc) is 2.17. The molecule has 0 bridgehead atoms. The van der Waals surface area contributed by atoms with Crippen LogP contribution in [0.4, 0.5) is 0 Å². The normalized spacial score (nSPS) is 11.5. The second-order valence-corrected chi connectivity index (χ2v) is 4.02. The molecule has 1 aromatic rings. The first kappa shape index (κ1) is 11.0. The molecule has 0 spiro atoms. The first-order valence-electron chi connectivity index (χ1n) is 5.44. The summed E-state index contributed by atoms with van der Waals surface area (Å²) >= 11 is 0. The van der Waals surface area contributed by atoms with Gasteiger partial charge in [-0.3, -0.25) is 0 Å². The monoisotopic (exact) mass is 188 g/mol. The van der Waals surface area contributed by atoms with Gasteiger partial charge in [-0.15, -0.1) is 0 Å². The Hall–Kier alpha value is -1.04. The van der Waals surface area contributed by atoms with Crippen molar-refractivity contribution < 1.29 is 0 Å². The number of benzene rings is 1. The van der Waals surface area contributed by atoms with Crippen LogP contribution < -0.4 is 0 Å². The molecule has 0 saturated carbocycles. The summed E-state index contributed by atoms with van der Waals surface area (Å²) in [5.74, 6) is 0.616. The van der Waals surface area contributed by atoms with E-state index in [1.807, 2.05) is 0 Å². The highest BCUT2D eigenvalue weighted by Crippen LogP contribution is 2.19. The van der Waals surface area contributed by atoms with E-state index in [9.17, 15) is 0 Å². The van der Waals surface area contributed by atoms with E-state index in [-0.39, 0.29) is 0 Å². The van der Waals surface area contributed by atoms with Gasteiger partial charge in [-0.1, -0.05) is 51.1 Å². The van der Waals surface area contributed by atoms with Crippen LogP contribution in [0.3, 0.4) is 0 Å². The van der Waals surface area contributed by atoms with Gasteiger partial charge in [0.25, 0.3) is 0 Å². The Balaban J connectivity index is 3.13. The van der Waals surface area contributed by atoms with Gasteiger partial charge >= 0.3 is 0 Å². The van der Waals surface area contributed by atoms with Crippen molar-refractivity contribution in [3.8, 4) is 0 Å². The Kier molecular flexibility index (Phi) is 3.94. The van der Waals surface area contributed by atoms with Crippen molar-refractivity contribution >= 4 is 6.08 Å². The number of aryl methyl sites for hydroxylation is 1. The van der Waals surface area contributed by atoms with E-state index >= 15 is 0 Å². The molecule has 76 valence electrons. The van der Waals surface area contributed by atoms with Gasteiger partial charge in [0.15, 0.2) is 0 Å². The van der Waals surface area contributed by atoms with Gasteiger partial charge in [-0.05, 0) is 36.0 Å². The van der Waals surface area contributed by atoms with Crippen LogP contribution in [-0.2, 0) is 6.42 Å². The van der Waals surface area contributed by atoms with Gasteiger partial charge in [0.05, 0.1) is 0 Å². The van der Waals surface area contributed by atoms with Crippen molar-refractivity contribution in [3.63, 3.8) is 0 Å². The van der Waals surface area contributed by atoms with Crippen molar-refractivity contribution in [2.75, 3.05) is 0 Å². The zero-order chi connectivity index (χ0) is 10.6. The van der Waals surface area contributed by atoms with Crippen LogP contribution in [0, 0.1) is 0 Å². The smallest absolute Gasteiger partial charge is 0.0219 e. The molecule has 0 nitrogen and oxygen atoms in total. The van der Waals surface area contributed by atoms with Crippen LogP contribution in [0.15, 0.2) is 24.3 Å². The molecule has 0 atom stereocenters. The SMILES string of the molecule is C/C=C/c1cc(CC)cc(C(C)C)c1. The Bertz CT molecular complexity index is 319. The van der Waals surface area contributed by atoms with E-state index in [0.717, 1.165) is 6.42 Å². The maximum Gasteiger partial charge on any atom is -0.0219 e. The number of hydrogen-bond donors (Lipinski definition) is 0. The highest BCUT2D eigenvalue weighted by molar-refractivity contribution is 5.52. The highest BCUT2D eigenvalue weighted by atomic mass is 14.1. The Morgan fingerprint density at radius 1 is 1.21 bits per heavy atom. The fourth-order valence-electron chi connectivity index (χ4n) is 1.57. The van der Waals surface area contributed by atoms with E-state index in [1.54, 1.807) is 0 Å². The molecule has 0 unspecified atom stereocenters. The summed E-state index contributed by atoms with van der Waals surface area (Å²) in [4.78, 5) is 0. The minimum Gasteiger partial charge on any atom is -0.0871 e. The molecule has 0 amide bonds. The van der Waals surface area contributed by atoms with Gasteiger partial charge in [0.2, 0.25) is 0 Å². The second-order valence-electron chi connectivity index (χ2n) is 4.02. The molecular weight excluding hydrogens is 168 g/mol. The van der Waals surface area contributed by atoms with Crippen LogP contribution in [0.5, 0.6) is 0 Å². The zero-order valence-corrected chi connectivity index (χ0v) is 9.67. The van der Waals surface area contributed by atoms with Crippen LogP contribution in [0.1, 0.15) is 50.3 Å². The summed E-state index contributed by atoms with van der Waals surface area (Å²) in [5, 5.41) is 0. The van der Waals surface area contributed by atoms with Crippen LogP contribution >= 0.6 is 0 Å². The summed E-state index contributed by atoms with van der Waals surface area (Å²) in [6.07, 6.45) is 5.38. The van der Waals surface area contributed by atoms with Gasteiger partial charge in [-0.2, -0.15) is 0 Å². The van der Waals surface area contributed by atoms with Crippen molar-refractivity contribution in [3.05, 3.63) is 41.0 Å². The zero-order valence-electron chi connectivity index (χ0n) is 9.67. The molecule has 0 fully saturated rings. The second kappa shape index (κ2) is 4.99. The molecule has 0 aromatic heterocycles. The van der Waals surface area contributed by atoms with Crippen molar-refractivity contribution in [2.24, 2.45) is 0 Å². The van der Waals surface area contributed by atoms with E-state index in [2.05, 4.69) is 58.0 Å². The van der Waals surface area contributed by atoms with Crippen molar-refractivity contribution in [1.29, 1.82) is 0 Å². The quantitative estimate of drug-likeness (QED) is 0.659. The lowest BCUT2D eigenvalue weighted by molar-refractivity contribution is 0.862. The van der Waals surface area contributed by atoms with E-state index < -0.39 is 0 Å². The molecule has 1 rings (SSSR count). The van der Waals surface area contributed by atoms with E-state index in [4.69, 9.17) is 0 Å². The summed E-state index contributed by atoms with van der Waals surface area (Å²) in [5.41, 5.74) is 4.21. The number of hydrogen-bond acceptors (Lipinski definition) is 0. The molecular formula is C14H20. The molecule has 0 aliphatic heterocycles. The van der Waals surface area contributed by atoms with E-state index in [1.165, 1.54) is 16.7 Å². The fraction of sp³-hybridized carbons (Fsp3) is 0.429. The van der Waals surface area contributed by atoms with Crippen molar-refractivity contribution in [1.82, 2.24) is 0 Å². The topological polar surface area (TPSA) is 0 Å². The molecule has 0 N–H and O–H groups in total. The van der Waals surface area contributed by atoms with E-state index in [0.29, 0.717) is 5.92 Å². The minimum absolute atomic E-state index is 0.616. The Morgan fingerprint density at radius 3 is 2.43 bits per heavy atom. The predicted octanol–water partition coefficient (Wildman–Crippen LogP) is 4.41. The summed E-state index contributed by atoms with van der Waals surface area (Å²) < 4.78 is 0. The average molecular weight is 188 g/mol. The minimum atomic E-state index is 0.616. The molecule has 0 heteroatoms. The third kappa shape index (κ3) is 2.73. The molecule has 0 heterocycles. The molecule has 14 heavy (non-hydrogen) atoms. The van der Waals surface area contributed by atoms with Gasteiger partial charge < -0.3 is 0 Å². The lowest BCUT2D eigenvalue weighted by atomic mass is 9.96. The largest absolute Gasteiger partial charge is 0.0871 e. The Morgan fingerprint density at radius 2 is 1.93 bits per heavy atom. The third-order valence-electron chi connectivity index (χ3n) is 2.47. The van der Waals surface area contributed by atoms with Crippen LogP contribution in [-0.4, -0.2) is 0 Å². The highest BCUT2D eigenvalue weighted by Gasteiger charge is 2.01. The maximum atomic E-state index is 2.32. The predicted molar refractivity (Wildman–Crippen MR) is 64.6 cm³/mol. The summed E-state index contributed by atoms with van der Waals surface area (Å²) in [7, 11) is 0. The third-order valence-corrected chi connectivity index (χ3v) is 2.47. The van der Waals surface area contributed by atoms with Gasteiger partial charge in [0.1, 0.15) is 0 Å². The molecule has 0 saturated heterocycles. The number of rotatable bonds is 3. The lowest BCUT2D eigenvalue weighted by Crippen LogP contribution is -1.91.